The van der Waals surface area contributed by atoms with Crippen LogP contribution >= 0.6 is 12.6 Å². The molecule has 0 heterocycles. The van der Waals surface area contributed by atoms with Crippen molar-refractivity contribution < 1.29 is 4.74 Å². The molecule has 1 unspecified atom stereocenters. The maximum Gasteiger partial charge on any atom is 0.130 e. The number of benzene rings is 2. The Morgan fingerprint density at radius 1 is 0.810 bits per heavy atom. The second-order valence-electron chi connectivity index (χ2n) is 5.98. The highest BCUT2D eigenvalue weighted by atomic mass is 32.1. The number of thiol groups is 1. The van der Waals surface area contributed by atoms with Crippen molar-refractivity contribution in [1.82, 2.24) is 0 Å². The Kier molecular flexibility index (Phi) is 5.00. The maximum atomic E-state index is 6.08. The third kappa shape index (κ3) is 3.82. The molecule has 0 saturated carbocycles. The number of ether oxygens (including phenoxy) is 1. The summed E-state index contributed by atoms with van der Waals surface area (Å²) in [6, 6.07) is 12.7. The van der Waals surface area contributed by atoms with E-state index in [0.29, 0.717) is 5.92 Å². The molecule has 1 atom stereocenters. The first-order valence-corrected chi connectivity index (χ1v) is 7.97. The van der Waals surface area contributed by atoms with E-state index >= 15 is 0 Å². The fourth-order valence-electron chi connectivity index (χ4n) is 2.31. The molecule has 2 heteroatoms. The van der Waals surface area contributed by atoms with Gasteiger partial charge >= 0.3 is 0 Å². The molecule has 2 aromatic rings. The zero-order valence-corrected chi connectivity index (χ0v) is 14.4. The van der Waals surface area contributed by atoms with E-state index in [2.05, 4.69) is 77.6 Å². The third-order valence-corrected chi connectivity index (χ3v) is 4.07. The number of hydrogen-bond donors (Lipinski definition) is 1. The molecule has 2 rings (SSSR count). The van der Waals surface area contributed by atoms with Gasteiger partial charge < -0.3 is 4.74 Å². The van der Waals surface area contributed by atoms with Crippen LogP contribution < -0.4 is 4.74 Å². The largest absolute Gasteiger partial charge is 0.457 e. The van der Waals surface area contributed by atoms with Crippen LogP contribution in [0.15, 0.2) is 36.4 Å². The molecule has 0 amide bonds. The van der Waals surface area contributed by atoms with Crippen molar-refractivity contribution in [2.75, 3.05) is 0 Å². The molecular weight excluding hydrogens is 276 g/mol. The van der Waals surface area contributed by atoms with Gasteiger partial charge in [-0.25, -0.2) is 0 Å². The summed E-state index contributed by atoms with van der Waals surface area (Å²) < 4.78 is 6.08. The van der Waals surface area contributed by atoms with Crippen LogP contribution in [0.1, 0.15) is 54.2 Å². The molecule has 0 aliphatic rings. The smallest absolute Gasteiger partial charge is 0.130 e. The lowest BCUT2D eigenvalue weighted by Crippen LogP contribution is -1.94. The van der Waals surface area contributed by atoms with Gasteiger partial charge in [0, 0.05) is 5.25 Å². The first-order chi connectivity index (χ1) is 9.88. The monoisotopic (exact) mass is 300 g/mol. The van der Waals surface area contributed by atoms with Gasteiger partial charge in [-0.15, -0.1) is 0 Å². The number of hydrogen-bond acceptors (Lipinski definition) is 2. The predicted molar refractivity (Wildman–Crippen MR) is 93.9 cm³/mol. The van der Waals surface area contributed by atoms with E-state index in [1.807, 2.05) is 6.07 Å². The summed E-state index contributed by atoms with van der Waals surface area (Å²) in [5, 5.41) is 0.241. The number of rotatable bonds is 4. The summed E-state index contributed by atoms with van der Waals surface area (Å²) in [5.74, 6) is 2.37. The second-order valence-corrected chi connectivity index (χ2v) is 6.76. The van der Waals surface area contributed by atoms with Gasteiger partial charge in [0.1, 0.15) is 11.5 Å². The van der Waals surface area contributed by atoms with Crippen LogP contribution in [0.25, 0.3) is 0 Å². The molecule has 21 heavy (non-hydrogen) atoms. The van der Waals surface area contributed by atoms with E-state index in [4.69, 9.17) is 4.74 Å². The predicted octanol–water partition coefficient (Wildman–Crippen LogP) is 6.21. The maximum absolute atomic E-state index is 6.08. The standard InChI is InChI=1S/C19H24OS/c1-12(2)16-6-8-18(13(3)10-16)20-19-9-7-17(15(5)21)11-14(19)4/h6-12,15,21H,1-5H3. The Morgan fingerprint density at radius 3 is 1.71 bits per heavy atom. The fourth-order valence-corrected chi connectivity index (χ4v) is 2.47. The normalized spacial score (nSPS) is 12.5. The Balaban J connectivity index is 2.26. The molecule has 1 nitrogen and oxygen atoms in total. The molecule has 0 bridgehead atoms. The molecule has 0 aliphatic carbocycles. The SMILES string of the molecule is Cc1cc(C(C)C)ccc1Oc1ccc(C(C)S)cc1C. The highest BCUT2D eigenvalue weighted by Crippen LogP contribution is 2.31. The Morgan fingerprint density at radius 2 is 1.29 bits per heavy atom. The van der Waals surface area contributed by atoms with E-state index in [1.54, 1.807) is 0 Å². The molecule has 0 aliphatic heterocycles. The minimum Gasteiger partial charge on any atom is -0.457 e. The van der Waals surface area contributed by atoms with Crippen LogP contribution in [0, 0.1) is 13.8 Å². The average molecular weight is 300 g/mol. The fraction of sp³-hybridized carbons (Fsp3) is 0.368. The number of aryl methyl sites for hydroxylation is 2. The molecule has 0 N–H and O–H groups in total. The van der Waals surface area contributed by atoms with Gasteiger partial charge in [-0.2, -0.15) is 12.6 Å². The highest BCUT2D eigenvalue weighted by molar-refractivity contribution is 7.80. The van der Waals surface area contributed by atoms with E-state index in [-0.39, 0.29) is 5.25 Å². The quantitative estimate of drug-likeness (QED) is 0.660. The van der Waals surface area contributed by atoms with E-state index in [0.717, 1.165) is 17.1 Å². The second kappa shape index (κ2) is 6.57. The summed E-state index contributed by atoms with van der Waals surface area (Å²) in [4.78, 5) is 0. The minimum atomic E-state index is 0.241. The minimum absolute atomic E-state index is 0.241. The third-order valence-electron chi connectivity index (χ3n) is 3.77. The Hall–Kier alpha value is -1.41. The molecule has 112 valence electrons. The van der Waals surface area contributed by atoms with Crippen LogP contribution in [-0.4, -0.2) is 0 Å². The van der Waals surface area contributed by atoms with Crippen molar-refractivity contribution in [2.24, 2.45) is 0 Å². The molecule has 0 saturated heterocycles. The van der Waals surface area contributed by atoms with Gasteiger partial charge in [-0.05, 0) is 61.1 Å². The summed E-state index contributed by atoms with van der Waals surface area (Å²) >= 11 is 4.47. The van der Waals surface area contributed by atoms with Gasteiger partial charge in [0.25, 0.3) is 0 Å². The highest BCUT2D eigenvalue weighted by Gasteiger charge is 2.08. The summed E-state index contributed by atoms with van der Waals surface area (Å²) in [6.07, 6.45) is 0. The van der Waals surface area contributed by atoms with Gasteiger partial charge in [0.2, 0.25) is 0 Å². The molecule has 0 spiro atoms. The van der Waals surface area contributed by atoms with Crippen molar-refractivity contribution >= 4 is 12.6 Å². The lowest BCUT2D eigenvalue weighted by molar-refractivity contribution is 0.474. The summed E-state index contributed by atoms with van der Waals surface area (Å²) in [6.45, 7) is 10.7. The van der Waals surface area contributed by atoms with Crippen molar-refractivity contribution in [3.05, 3.63) is 58.7 Å². The average Bonchev–Trinajstić information content (AvgIpc) is 2.42. The van der Waals surface area contributed by atoms with E-state index < -0.39 is 0 Å². The summed E-state index contributed by atoms with van der Waals surface area (Å²) in [7, 11) is 0. The van der Waals surface area contributed by atoms with Crippen LogP contribution in [-0.2, 0) is 0 Å². The Labute approximate surface area is 133 Å². The molecular formula is C19H24OS. The van der Waals surface area contributed by atoms with E-state index in [1.165, 1.54) is 16.7 Å². The summed E-state index contributed by atoms with van der Waals surface area (Å²) in [5.41, 5.74) is 4.87. The zero-order chi connectivity index (χ0) is 15.6. The lowest BCUT2D eigenvalue weighted by Gasteiger charge is -2.15. The first-order valence-electron chi connectivity index (χ1n) is 7.45. The molecule has 2 aromatic carbocycles. The van der Waals surface area contributed by atoms with Crippen molar-refractivity contribution in [3.63, 3.8) is 0 Å². The van der Waals surface area contributed by atoms with Gasteiger partial charge in [0.15, 0.2) is 0 Å². The van der Waals surface area contributed by atoms with Gasteiger partial charge in [0.05, 0.1) is 0 Å². The lowest BCUT2D eigenvalue weighted by atomic mass is 10.0. The van der Waals surface area contributed by atoms with Gasteiger partial charge in [-0.1, -0.05) is 38.1 Å². The van der Waals surface area contributed by atoms with Crippen LogP contribution in [0.5, 0.6) is 11.5 Å². The van der Waals surface area contributed by atoms with Crippen LogP contribution in [0.4, 0.5) is 0 Å². The van der Waals surface area contributed by atoms with Gasteiger partial charge in [-0.3, -0.25) is 0 Å². The first kappa shape index (κ1) is 16.0. The van der Waals surface area contributed by atoms with Crippen molar-refractivity contribution in [1.29, 1.82) is 0 Å². The Bertz CT molecular complexity index is 574. The topological polar surface area (TPSA) is 9.23 Å². The van der Waals surface area contributed by atoms with Crippen LogP contribution in [0.2, 0.25) is 0 Å². The van der Waals surface area contributed by atoms with Crippen LogP contribution in [0.3, 0.4) is 0 Å². The van der Waals surface area contributed by atoms with E-state index in [9.17, 15) is 0 Å². The molecule has 0 radical (unpaired) electrons. The molecule has 0 aromatic heterocycles. The zero-order valence-electron chi connectivity index (χ0n) is 13.5. The van der Waals surface area contributed by atoms with Crippen molar-refractivity contribution in [3.8, 4) is 11.5 Å². The molecule has 0 fully saturated rings. The van der Waals surface area contributed by atoms with Crippen molar-refractivity contribution in [2.45, 2.75) is 45.8 Å².